The molecule has 1 saturated heterocycles. The highest BCUT2D eigenvalue weighted by Crippen LogP contribution is 2.39. The molecule has 0 saturated carbocycles. The van der Waals surface area contributed by atoms with E-state index in [1.165, 1.54) is 23.1 Å². The molecule has 32 heavy (non-hydrogen) atoms. The Morgan fingerprint density at radius 3 is 2.84 bits per heavy atom. The van der Waals surface area contributed by atoms with E-state index in [2.05, 4.69) is 15.5 Å². The number of hydrogen-bond acceptors (Lipinski definition) is 8. The van der Waals surface area contributed by atoms with Crippen LogP contribution >= 0.6 is 23.1 Å². The Labute approximate surface area is 196 Å². The summed E-state index contributed by atoms with van der Waals surface area (Å²) in [7, 11) is 3.30. The van der Waals surface area contributed by atoms with Crippen LogP contribution in [0.25, 0.3) is 0 Å². The molecule has 0 spiro atoms. The Bertz CT molecular complexity index is 1090. The predicted molar refractivity (Wildman–Crippen MR) is 128 cm³/mol. The summed E-state index contributed by atoms with van der Waals surface area (Å²) in [6.45, 7) is 2.78. The fourth-order valence-corrected chi connectivity index (χ4v) is 5.49. The molecule has 3 aromatic rings. The van der Waals surface area contributed by atoms with Crippen LogP contribution < -0.4 is 14.8 Å². The Morgan fingerprint density at radius 2 is 2.06 bits per heavy atom. The number of aromatic nitrogens is 2. The first kappa shape index (κ1) is 22.4. The molecule has 4 rings (SSSR count). The predicted octanol–water partition coefficient (Wildman–Crippen LogP) is 5.06. The summed E-state index contributed by atoms with van der Waals surface area (Å²) in [5.74, 6) is 1.95. The average molecular weight is 471 g/mol. The van der Waals surface area contributed by atoms with Gasteiger partial charge in [0.1, 0.15) is 11.5 Å². The van der Waals surface area contributed by atoms with Gasteiger partial charge in [0.25, 0.3) is 0 Å². The van der Waals surface area contributed by atoms with Crippen molar-refractivity contribution < 1.29 is 14.3 Å². The fourth-order valence-electron chi connectivity index (χ4n) is 3.84. The smallest absolute Gasteiger partial charge is 0.233 e. The molecule has 0 bridgehead atoms. The van der Waals surface area contributed by atoms with Gasteiger partial charge in [0.05, 0.1) is 26.0 Å². The molecular weight excluding hydrogens is 444 g/mol. The third-order valence-corrected chi connectivity index (χ3v) is 7.44. The van der Waals surface area contributed by atoms with E-state index in [9.17, 15) is 4.79 Å². The van der Waals surface area contributed by atoms with Gasteiger partial charge < -0.3 is 19.7 Å². The number of nitrogens with zero attached hydrogens (tertiary/aromatic N) is 3. The number of para-hydroxylation sites is 1. The second-order valence-electron chi connectivity index (χ2n) is 7.45. The second-order valence-corrected chi connectivity index (χ2v) is 9.65. The van der Waals surface area contributed by atoms with E-state index < -0.39 is 0 Å². The molecule has 0 aliphatic carbocycles. The minimum Gasteiger partial charge on any atom is -0.497 e. The van der Waals surface area contributed by atoms with Gasteiger partial charge in [0, 0.05) is 17.8 Å². The molecule has 1 aliphatic heterocycles. The van der Waals surface area contributed by atoms with Gasteiger partial charge in [0.15, 0.2) is 4.34 Å². The van der Waals surface area contributed by atoms with Crippen LogP contribution in [0.4, 0.5) is 10.8 Å². The number of thioether (sulfide) groups is 1. The van der Waals surface area contributed by atoms with Crippen molar-refractivity contribution in [2.75, 3.05) is 31.8 Å². The van der Waals surface area contributed by atoms with Crippen LogP contribution in [0.15, 0.2) is 46.8 Å². The van der Waals surface area contributed by atoms with Gasteiger partial charge in [0.2, 0.25) is 11.0 Å². The molecule has 1 aliphatic rings. The van der Waals surface area contributed by atoms with Gasteiger partial charge in [-0.1, -0.05) is 41.3 Å². The van der Waals surface area contributed by atoms with E-state index in [4.69, 9.17) is 9.47 Å². The van der Waals surface area contributed by atoms with E-state index in [1.54, 1.807) is 14.2 Å². The Morgan fingerprint density at radius 1 is 1.22 bits per heavy atom. The number of carbonyl (C=O) groups is 1. The fraction of sp³-hybridized carbons (Fsp3) is 0.348. The van der Waals surface area contributed by atoms with Gasteiger partial charge in [-0.25, -0.2) is 0 Å². The average Bonchev–Trinajstić information content (AvgIpc) is 3.48. The number of nitrogens with one attached hydrogen (secondary N) is 1. The first-order valence-corrected chi connectivity index (χ1v) is 12.2. The highest BCUT2D eigenvalue weighted by atomic mass is 32.2. The molecule has 1 unspecified atom stereocenters. The monoisotopic (exact) mass is 470 g/mol. The standard InChI is InChI=1S/C23H26N4O3S2/c1-15-7-4-5-8-18(15)24-22-25-26-23(32-22)31-14-21(28)27-12-6-9-19(27)17-13-16(29-2)10-11-20(17)30-3/h4-5,7-8,10-11,13,19H,6,9,12,14H2,1-3H3,(H,24,25). The molecular formula is C23H26N4O3S2. The third kappa shape index (κ3) is 4.99. The lowest BCUT2D eigenvalue weighted by Gasteiger charge is -2.26. The molecule has 2 aromatic carbocycles. The van der Waals surface area contributed by atoms with Gasteiger partial charge in [-0.3, -0.25) is 4.79 Å². The van der Waals surface area contributed by atoms with Crippen LogP contribution in [-0.4, -0.2) is 47.5 Å². The van der Waals surface area contributed by atoms with E-state index in [-0.39, 0.29) is 11.9 Å². The lowest BCUT2D eigenvalue weighted by atomic mass is 10.0. The van der Waals surface area contributed by atoms with Crippen LogP contribution in [-0.2, 0) is 4.79 Å². The largest absolute Gasteiger partial charge is 0.497 e. The summed E-state index contributed by atoms with van der Waals surface area (Å²) in [6, 6.07) is 13.8. The number of ether oxygens (including phenoxy) is 2. The number of carbonyl (C=O) groups excluding carboxylic acids is 1. The normalized spacial score (nSPS) is 15.6. The quantitative estimate of drug-likeness (QED) is 0.461. The summed E-state index contributed by atoms with van der Waals surface area (Å²) in [4.78, 5) is 15.0. The Kier molecular flexibility index (Phi) is 7.16. The van der Waals surface area contributed by atoms with Gasteiger partial charge in [-0.15, -0.1) is 10.2 Å². The van der Waals surface area contributed by atoms with Crippen molar-refractivity contribution >= 4 is 39.8 Å². The summed E-state index contributed by atoms with van der Waals surface area (Å²) in [5.41, 5.74) is 3.13. The Hall–Kier alpha value is -2.78. The number of hydrogen-bond donors (Lipinski definition) is 1. The summed E-state index contributed by atoms with van der Waals surface area (Å²) in [6.07, 6.45) is 1.87. The highest BCUT2D eigenvalue weighted by molar-refractivity contribution is 8.01. The SMILES string of the molecule is COc1ccc(OC)c(C2CCCN2C(=O)CSc2nnc(Nc3ccccc3C)s2)c1. The van der Waals surface area contributed by atoms with Crippen molar-refractivity contribution in [1.82, 2.24) is 15.1 Å². The van der Waals surface area contributed by atoms with Gasteiger partial charge in [-0.2, -0.15) is 0 Å². The van der Waals surface area contributed by atoms with Crippen molar-refractivity contribution in [3.63, 3.8) is 0 Å². The highest BCUT2D eigenvalue weighted by Gasteiger charge is 2.32. The number of anilines is 2. The summed E-state index contributed by atoms with van der Waals surface area (Å²) < 4.78 is 11.7. The Balaban J connectivity index is 1.40. The van der Waals surface area contributed by atoms with Crippen molar-refractivity contribution in [3.8, 4) is 11.5 Å². The zero-order valence-electron chi connectivity index (χ0n) is 18.3. The number of methoxy groups -OCH3 is 2. The summed E-state index contributed by atoms with van der Waals surface area (Å²) >= 11 is 2.88. The van der Waals surface area contributed by atoms with Gasteiger partial charge in [-0.05, 0) is 49.6 Å². The van der Waals surface area contributed by atoms with E-state index in [0.717, 1.165) is 57.2 Å². The topological polar surface area (TPSA) is 76.6 Å². The third-order valence-electron chi connectivity index (χ3n) is 5.48. The number of aryl methyl sites for hydroxylation is 1. The van der Waals surface area contributed by atoms with Crippen LogP contribution in [0.5, 0.6) is 11.5 Å². The molecule has 1 atom stereocenters. The lowest BCUT2D eigenvalue weighted by molar-refractivity contribution is -0.129. The number of benzene rings is 2. The summed E-state index contributed by atoms with van der Waals surface area (Å²) in [5, 5.41) is 12.5. The van der Waals surface area contributed by atoms with Crippen molar-refractivity contribution in [3.05, 3.63) is 53.6 Å². The van der Waals surface area contributed by atoms with E-state index in [0.29, 0.717) is 5.75 Å². The minimum absolute atomic E-state index is 0.0131. The van der Waals surface area contributed by atoms with Crippen LogP contribution in [0.3, 0.4) is 0 Å². The maximum absolute atomic E-state index is 13.1. The zero-order chi connectivity index (χ0) is 22.5. The van der Waals surface area contributed by atoms with E-state index in [1.807, 2.05) is 54.3 Å². The van der Waals surface area contributed by atoms with Crippen LogP contribution in [0.1, 0.15) is 30.0 Å². The second kappa shape index (κ2) is 10.2. The number of likely N-dealkylation sites (tertiary alicyclic amines) is 1. The molecule has 9 heteroatoms. The van der Waals surface area contributed by atoms with Gasteiger partial charge >= 0.3 is 0 Å². The first-order valence-electron chi connectivity index (χ1n) is 10.4. The molecule has 1 N–H and O–H groups in total. The maximum atomic E-state index is 13.1. The van der Waals surface area contributed by atoms with Crippen LogP contribution in [0.2, 0.25) is 0 Å². The van der Waals surface area contributed by atoms with E-state index >= 15 is 0 Å². The zero-order valence-corrected chi connectivity index (χ0v) is 20.0. The first-order chi connectivity index (χ1) is 15.6. The molecule has 0 radical (unpaired) electrons. The maximum Gasteiger partial charge on any atom is 0.233 e. The molecule has 1 amide bonds. The minimum atomic E-state index is -0.0131. The lowest BCUT2D eigenvalue weighted by Crippen LogP contribution is -2.32. The van der Waals surface area contributed by atoms with Crippen molar-refractivity contribution in [2.45, 2.75) is 30.1 Å². The molecule has 168 valence electrons. The van der Waals surface area contributed by atoms with Crippen molar-refractivity contribution in [1.29, 1.82) is 0 Å². The van der Waals surface area contributed by atoms with Crippen LogP contribution in [0, 0.1) is 6.92 Å². The molecule has 7 nitrogen and oxygen atoms in total. The number of rotatable bonds is 8. The number of amides is 1. The molecule has 1 fully saturated rings. The molecule has 1 aromatic heterocycles. The molecule has 2 heterocycles. The van der Waals surface area contributed by atoms with Crippen molar-refractivity contribution in [2.24, 2.45) is 0 Å².